The van der Waals surface area contributed by atoms with Crippen molar-refractivity contribution in [3.63, 3.8) is 0 Å². The standard InChI is InChI=1S/C28H25FN2O4S/c1-18(2)23-5-3-4-6-24(23)30-26(32)17-35-22-13-9-19(10-14-22)15-25-27(33)31(28(34)36-25)16-20-7-11-21(29)12-8-20/h3-15,18H,16-17H2,1-2H3,(H,30,32)/b25-15+. The van der Waals surface area contributed by atoms with E-state index in [0.717, 1.165) is 27.9 Å². The molecule has 0 atom stereocenters. The van der Waals surface area contributed by atoms with Gasteiger partial charge in [0.1, 0.15) is 11.6 Å². The van der Waals surface area contributed by atoms with Crippen molar-refractivity contribution in [1.29, 1.82) is 0 Å². The van der Waals surface area contributed by atoms with Crippen LogP contribution in [-0.4, -0.2) is 28.6 Å². The fraction of sp³-hybridized carbons (Fsp3) is 0.179. The Morgan fingerprint density at radius 2 is 1.72 bits per heavy atom. The number of ether oxygens (including phenoxy) is 1. The minimum Gasteiger partial charge on any atom is -0.484 e. The molecular formula is C28H25FN2O4S. The van der Waals surface area contributed by atoms with Crippen LogP contribution < -0.4 is 10.1 Å². The average molecular weight is 505 g/mol. The van der Waals surface area contributed by atoms with Crippen LogP contribution in [0.1, 0.15) is 36.5 Å². The molecule has 1 saturated heterocycles. The summed E-state index contributed by atoms with van der Waals surface area (Å²) < 4.78 is 18.7. The maximum Gasteiger partial charge on any atom is 0.293 e. The van der Waals surface area contributed by atoms with Gasteiger partial charge in [-0.2, -0.15) is 0 Å². The lowest BCUT2D eigenvalue weighted by atomic mass is 10.0. The number of nitrogens with zero attached hydrogens (tertiary/aromatic N) is 1. The van der Waals surface area contributed by atoms with E-state index in [1.165, 1.54) is 12.1 Å². The minimum absolute atomic E-state index is 0.0821. The second-order valence-electron chi connectivity index (χ2n) is 8.54. The summed E-state index contributed by atoms with van der Waals surface area (Å²) in [5, 5.41) is 2.51. The molecule has 6 nitrogen and oxygen atoms in total. The Kier molecular flexibility index (Phi) is 7.85. The first-order valence-electron chi connectivity index (χ1n) is 11.4. The lowest BCUT2D eigenvalue weighted by Gasteiger charge is -2.14. The molecule has 36 heavy (non-hydrogen) atoms. The van der Waals surface area contributed by atoms with Gasteiger partial charge in [-0.15, -0.1) is 0 Å². The van der Waals surface area contributed by atoms with Gasteiger partial charge in [0.2, 0.25) is 0 Å². The van der Waals surface area contributed by atoms with Crippen LogP contribution in [0.15, 0.2) is 77.7 Å². The van der Waals surface area contributed by atoms with Crippen LogP contribution in [0.4, 0.5) is 14.9 Å². The molecule has 8 heteroatoms. The molecule has 0 spiro atoms. The van der Waals surface area contributed by atoms with E-state index in [0.29, 0.717) is 21.8 Å². The first-order chi connectivity index (χ1) is 17.3. The van der Waals surface area contributed by atoms with Gasteiger partial charge >= 0.3 is 0 Å². The molecule has 1 aliphatic heterocycles. The third-order valence-corrected chi connectivity index (χ3v) is 6.44. The van der Waals surface area contributed by atoms with E-state index >= 15 is 0 Å². The molecule has 3 aromatic carbocycles. The van der Waals surface area contributed by atoms with Gasteiger partial charge in [0.25, 0.3) is 17.1 Å². The average Bonchev–Trinajstić information content (AvgIpc) is 3.12. The Bertz CT molecular complexity index is 1300. The third kappa shape index (κ3) is 6.20. The first kappa shape index (κ1) is 25.2. The Hall–Kier alpha value is -3.91. The number of imide groups is 1. The number of anilines is 1. The van der Waals surface area contributed by atoms with E-state index in [2.05, 4.69) is 19.2 Å². The number of nitrogens with one attached hydrogen (secondary N) is 1. The SMILES string of the molecule is CC(C)c1ccccc1NC(=O)COc1ccc(/C=C2/SC(=O)N(Cc3ccc(F)cc3)C2=O)cc1. The highest BCUT2D eigenvalue weighted by Crippen LogP contribution is 2.33. The topological polar surface area (TPSA) is 75.7 Å². The summed E-state index contributed by atoms with van der Waals surface area (Å²) >= 11 is 0.862. The highest BCUT2D eigenvalue weighted by Gasteiger charge is 2.34. The molecule has 3 aromatic rings. The molecule has 1 aliphatic rings. The molecule has 1 heterocycles. The highest BCUT2D eigenvalue weighted by atomic mass is 32.2. The van der Waals surface area contributed by atoms with E-state index < -0.39 is 5.91 Å². The molecular weight excluding hydrogens is 479 g/mol. The van der Waals surface area contributed by atoms with Gasteiger partial charge in [-0.05, 0) is 70.8 Å². The Morgan fingerprint density at radius 1 is 1.03 bits per heavy atom. The van der Waals surface area contributed by atoms with Gasteiger partial charge < -0.3 is 10.1 Å². The van der Waals surface area contributed by atoms with E-state index in [1.807, 2.05) is 24.3 Å². The molecule has 0 radical (unpaired) electrons. The maximum atomic E-state index is 13.1. The fourth-order valence-electron chi connectivity index (χ4n) is 3.67. The van der Waals surface area contributed by atoms with Crippen molar-refractivity contribution in [2.24, 2.45) is 0 Å². The maximum absolute atomic E-state index is 13.1. The van der Waals surface area contributed by atoms with E-state index in [1.54, 1.807) is 42.5 Å². The zero-order valence-electron chi connectivity index (χ0n) is 19.9. The second kappa shape index (κ2) is 11.2. The van der Waals surface area contributed by atoms with Gasteiger partial charge in [0.05, 0.1) is 11.4 Å². The molecule has 1 fully saturated rings. The van der Waals surface area contributed by atoms with Gasteiger partial charge in [-0.3, -0.25) is 19.3 Å². The molecule has 184 valence electrons. The molecule has 0 saturated carbocycles. The Labute approximate surface area is 213 Å². The van der Waals surface area contributed by atoms with Crippen molar-refractivity contribution in [2.75, 3.05) is 11.9 Å². The second-order valence-corrected chi connectivity index (χ2v) is 9.54. The van der Waals surface area contributed by atoms with Crippen molar-refractivity contribution < 1.29 is 23.5 Å². The predicted molar refractivity (Wildman–Crippen MR) is 139 cm³/mol. The summed E-state index contributed by atoms with van der Waals surface area (Å²) in [5.41, 5.74) is 3.20. The van der Waals surface area contributed by atoms with Crippen molar-refractivity contribution in [1.82, 2.24) is 4.90 Å². The monoisotopic (exact) mass is 504 g/mol. The molecule has 3 amide bonds. The number of hydrogen-bond acceptors (Lipinski definition) is 5. The number of amides is 3. The van der Waals surface area contributed by atoms with Crippen LogP contribution >= 0.6 is 11.8 Å². The largest absolute Gasteiger partial charge is 0.484 e. The summed E-state index contributed by atoms with van der Waals surface area (Å²) in [6.07, 6.45) is 1.63. The summed E-state index contributed by atoms with van der Waals surface area (Å²) in [6.45, 7) is 4.07. The predicted octanol–water partition coefficient (Wildman–Crippen LogP) is 6.20. The quantitative estimate of drug-likeness (QED) is 0.370. The van der Waals surface area contributed by atoms with Crippen molar-refractivity contribution in [3.05, 3.63) is 100 Å². The number of benzene rings is 3. The molecule has 1 N–H and O–H groups in total. The summed E-state index contributed by atoms with van der Waals surface area (Å²) in [6, 6.07) is 20.2. The Balaban J connectivity index is 1.34. The smallest absolute Gasteiger partial charge is 0.293 e. The van der Waals surface area contributed by atoms with Gasteiger partial charge in [-0.25, -0.2) is 4.39 Å². The van der Waals surface area contributed by atoms with Gasteiger partial charge in [-0.1, -0.05) is 56.3 Å². The van der Waals surface area contributed by atoms with Crippen LogP contribution in [-0.2, 0) is 16.1 Å². The third-order valence-electron chi connectivity index (χ3n) is 5.53. The summed E-state index contributed by atoms with van der Waals surface area (Å²) in [7, 11) is 0. The Morgan fingerprint density at radius 3 is 2.42 bits per heavy atom. The number of para-hydroxylation sites is 1. The fourth-order valence-corrected chi connectivity index (χ4v) is 4.51. The van der Waals surface area contributed by atoms with Gasteiger partial charge in [0.15, 0.2) is 6.61 Å². The lowest BCUT2D eigenvalue weighted by molar-refractivity contribution is -0.123. The molecule has 0 aromatic heterocycles. The molecule has 4 rings (SSSR count). The number of carbonyl (C=O) groups is 3. The van der Waals surface area contributed by atoms with Gasteiger partial charge in [0, 0.05) is 5.69 Å². The number of rotatable bonds is 8. The zero-order chi connectivity index (χ0) is 25.7. The summed E-state index contributed by atoms with van der Waals surface area (Å²) in [5.74, 6) is -0.254. The zero-order valence-corrected chi connectivity index (χ0v) is 20.7. The number of thioether (sulfide) groups is 1. The van der Waals surface area contributed by atoms with Crippen LogP contribution in [0.3, 0.4) is 0 Å². The molecule has 0 bridgehead atoms. The first-order valence-corrected chi connectivity index (χ1v) is 12.2. The van der Waals surface area contributed by atoms with Crippen molar-refractivity contribution in [3.8, 4) is 5.75 Å². The number of hydrogen-bond donors (Lipinski definition) is 1. The number of halogens is 1. The van der Waals surface area contributed by atoms with Crippen LogP contribution in [0.2, 0.25) is 0 Å². The van der Waals surface area contributed by atoms with Crippen LogP contribution in [0.25, 0.3) is 6.08 Å². The lowest BCUT2D eigenvalue weighted by Crippen LogP contribution is -2.27. The van der Waals surface area contributed by atoms with Crippen molar-refractivity contribution >= 4 is 40.6 Å². The van der Waals surface area contributed by atoms with Crippen LogP contribution in [0, 0.1) is 5.82 Å². The highest BCUT2D eigenvalue weighted by molar-refractivity contribution is 8.18. The number of carbonyl (C=O) groups excluding carboxylic acids is 3. The summed E-state index contributed by atoms with van der Waals surface area (Å²) in [4.78, 5) is 38.9. The minimum atomic E-state index is -0.395. The molecule has 0 unspecified atom stereocenters. The molecule has 0 aliphatic carbocycles. The van der Waals surface area contributed by atoms with Crippen LogP contribution in [0.5, 0.6) is 5.75 Å². The van der Waals surface area contributed by atoms with Crippen molar-refractivity contribution in [2.45, 2.75) is 26.3 Å². The van der Waals surface area contributed by atoms with E-state index in [4.69, 9.17) is 4.74 Å². The normalized spacial score (nSPS) is 14.6. The van der Waals surface area contributed by atoms with E-state index in [-0.39, 0.29) is 36.0 Å². The van der Waals surface area contributed by atoms with E-state index in [9.17, 15) is 18.8 Å².